The quantitative estimate of drug-likeness (QED) is 0.691. The van der Waals surface area contributed by atoms with E-state index in [1.807, 2.05) is 12.1 Å². The molecule has 118 valence electrons. The number of aromatic hydroxyl groups is 1. The molecule has 1 N–H and O–H groups in total. The first-order chi connectivity index (χ1) is 11.0. The van der Waals surface area contributed by atoms with E-state index in [9.17, 15) is 9.90 Å². The van der Waals surface area contributed by atoms with Gasteiger partial charge in [0.2, 0.25) is 0 Å². The van der Waals surface area contributed by atoms with Crippen molar-refractivity contribution in [3.05, 3.63) is 45.9 Å². The number of aryl methyl sites for hydroxylation is 1. The zero-order valence-electron chi connectivity index (χ0n) is 12.6. The van der Waals surface area contributed by atoms with Crippen molar-refractivity contribution in [3.63, 3.8) is 0 Å². The number of halogens is 1. The molecule has 0 aliphatic carbocycles. The molecule has 4 nitrogen and oxygen atoms in total. The Morgan fingerprint density at radius 2 is 2.13 bits per heavy atom. The van der Waals surface area contributed by atoms with Crippen molar-refractivity contribution in [1.29, 1.82) is 0 Å². The number of hydrogen-bond donors (Lipinski definition) is 1. The molecule has 6 heteroatoms. The summed E-state index contributed by atoms with van der Waals surface area (Å²) in [5, 5.41) is 13.0. The highest BCUT2D eigenvalue weighted by Crippen LogP contribution is 2.35. The van der Waals surface area contributed by atoms with Crippen LogP contribution < -0.4 is 0 Å². The van der Waals surface area contributed by atoms with Gasteiger partial charge in [-0.25, -0.2) is 9.78 Å². The molecule has 0 radical (unpaired) electrons. The first-order valence-corrected chi connectivity index (χ1v) is 8.26. The van der Waals surface area contributed by atoms with Crippen LogP contribution >= 0.6 is 22.9 Å². The van der Waals surface area contributed by atoms with E-state index in [1.165, 1.54) is 11.3 Å². The van der Waals surface area contributed by atoms with E-state index in [4.69, 9.17) is 16.3 Å². The van der Waals surface area contributed by atoms with Crippen LogP contribution in [0.4, 0.5) is 0 Å². The fraction of sp³-hybridized carbons (Fsp3) is 0.176. The van der Waals surface area contributed by atoms with Crippen molar-refractivity contribution in [3.8, 4) is 16.3 Å². The van der Waals surface area contributed by atoms with Gasteiger partial charge in [0.25, 0.3) is 0 Å². The second kappa shape index (κ2) is 6.18. The number of rotatable bonds is 3. The number of thiazole rings is 1. The fourth-order valence-electron chi connectivity index (χ4n) is 2.34. The number of nitrogens with zero attached hydrogens (tertiary/aromatic N) is 1. The van der Waals surface area contributed by atoms with Crippen molar-refractivity contribution < 1.29 is 14.6 Å². The minimum atomic E-state index is -0.370. The predicted molar refractivity (Wildman–Crippen MR) is 92.4 cm³/mol. The minimum Gasteiger partial charge on any atom is -0.507 e. The van der Waals surface area contributed by atoms with E-state index < -0.39 is 0 Å². The highest BCUT2D eigenvalue weighted by molar-refractivity contribution is 7.17. The smallest absolute Gasteiger partial charge is 0.350 e. The second-order valence-corrected chi connectivity index (χ2v) is 6.45. The molecular formula is C17H14ClNO3S. The van der Waals surface area contributed by atoms with Gasteiger partial charge in [-0.1, -0.05) is 17.7 Å². The topological polar surface area (TPSA) is 59.4 Å². The van der Waals surface area contributed by atoms with Crippen LogP contribution in [0.25, 0.3) is 21.3 Å². The number of ether oxygens (including phenoxy) is 1. The molecule has 3 rings (SSSR count). The number of phenolic OH excluding ortho intramolecular Hbond substituents is 1. The van der Waals surface area contributed by atoms with Crippen molar-refractivity contribution in [2.75, 3.05) is 6.61 Å². The maximum Gasteiger partial charge on any atom is 0.350 e. The number of esters is 1. The number of carbonyl (C=O) groups excluding carboxylic acids is 1. The molecule has 2 aromatic carbocycles. The maximum atomic E-state index is 11.9. The first-order valence-electron chi connectivity index (χ1n) is 7.06. The summed E-state index contributed by atoms with van der Waals surface area (Å²) in [6.07, 6.45) is 0. The zero-order chi connectivity index (χ0) is 16.6. The Labute approximate surface area is 142 Å². The first kappa shape index (κ1) is 15.8. The van der Waals surface area contributed by atoms with Gasteiger partial charge in [0.05, 0.1) is 12.3 Å². The van der Waals surface area contributed by atoms with Crippen molar-refractivity contribution in [1.82, 2.24) is 4.98 Å². The molecule has 0 amide bonds. The van der Waals surface area contributed by atoms with Crippen molar-refractivity contribution in [2.45, 2.75) is 13.8 Å². The molecule has 0 aliphatic heterocycles. The van der Waals surface area contributed by atoms with Gasteiger partial charge in [-0.3, -0.25) is 0 Å². The fourth-order valence-corrected chi connectivity index (χ4v) is 3.46. The molecule has 0 spiro atoms. The van der Waals surface area contributed by atoms with Crippen LogP contribution in [0.3, 0.4) is 0 Å². The molecule has 1 aromatic heterocycles. The molecule has 0 fully saturated rings. The number of aromatic nitrogens is 1. The number of carbonyl (C=O) groups is 1. The lowest BCUT2D eigenvalue weighted by atomic mass is 10.1. The Morgan fingerprint density at radius 3 is 2.87 bits per heavy atom. The summed E-state index contributed by atoms with van der Waals surface area (Å²) in [4.78, 5) is 16.8. The summed E-state index contributed by atoms with van der Waals surface area (Å²) >= 11 is 7.22. The Hall–Kier alpha value is -2.11. The Kier molecular flexibility index (Phi) is 4.24. The van der Waals surface area contributed by atoms with Gasteiger partial charge < -0.3 is 9.84 Å². The Balaban J connectivity index is 2.09. The number of phenols is 1. The third-order valence-electron chi connectivity index (χ3n) is 3.40. The molecule has 0 aliphatic rings. The van der Waals surface area contributed by atoms with Crippen LogP contribution in [-0.4, -0.2) is 22.7 Å². The van der Waals surface area contributed by atoms with Gasteiger partial charge in [-0.2, -0.15) is 0 Å². The van der Waals surface area contributed by atoms with Crippen molar-refractivity contribution in [2.24, 2.45) is 0 Å². The van der Waals surface area contributed by atoms with Gasteiger partial charge >= 0.3 is 5.97 Å². The van der Waals surface area contributed by atoms with E-state index in [2.05, 4.69) is 4.98 Å². The molecular weight excluding hydrogens is 334 g/mol. The number of fused-ring (bicyclic) bond motifs is 1. The number of hydrogen-bond acceptors (Lipinski definition) is 5. The van der Waals surface area contributed by atoms with Gasteiger partial charge in [0.15, 0.2) is 0 Å². The summed E-state index contributed by atoms with van der Waals surface area (Å²) < 4.78 is 5.03. The summed E-state index contributed by atoms with van der Waals surface area (Å²) in [7, 11) is 0. The largest absolute Gasteiger partial charge is 0.507 e. The van der Waals surface area contributed by atoms with E-state index >= 15 is 0 Å². The van der Waals surface area contributed by atoms with Crippen LogP contribution in [0.5, 0.6) is 5.75 Å². The monoisotopic (exact) mass is 347 g/mol. The van der Waals surface area contributed by atoms with E-state index in [0.717, 1.165) is 10.9 Å². The molecule has 0 saturated heterocycles. The van der Waals surface area contributed by atoms with Gasteiger partial charge in [-0.05, 0) is 43.5 Å². The molecule has 0 bridgehead atoms. The SMILES string of the molecule is CCOC(=O)c1sc(-c2cc(O)c3cc(Cl)ccc3c2)nc1C. The molecule has 23 heavy (non-hydrogen) atoms. The molecule has 0 atom stereocenters. The Morgan fingerprint density at radius 1 is 1.35 bits per heavy atom. The second-order valence-electron chi connectivity index (χ2n) is 5.01. The van der Waals surface area contributed by atoms with Crippen LogP contribution in [-0.2, 0) is 4.74 Å². The summed E-state index contributed by atoms with van der Waals surface area (Å²) in [6.45, 7) is 3.86. The highest BCUT2D eigenvalue weighted by Gasteiger charge is 2.18. The maximum absolute atomic E-state index is 11.9. The van der Waals surface area contributed by atoms with Crippen LogP contribution in [0.2, 0.25) is 5.02 Å². The molecule has 0 saturated carbocycles. The lowest BCUT2D eigenvalue weighted by molar-refractivity contribution is 0.0531. The number of benzene rings is 2. The lowest BCUT2D eigenvalue weighted by Gasteiger charge is -2.05. The standard InChI is InChI=1S/C17H14ClNO3S/c1-3-22-17(21)15-9(2)19-16(23-15)11-6-10-4-5-12(18)8-13(10)14(20)7-11/h4-8,20H,3H2,1-2H3. The van der Waals surface area contributed by atoms with Gasteiger partial charge in [0, 0.05) is 16.0 Å². The van der Waals surface area contributed by atoms with Gasteiger partial charge in [-0.15, -0.1) is 11.3 Å². The lowest BCUT2D eigenvalue weighted by Crippen LogP contribution is -2.03. The molecule has 0 unspecified atom stereocenters. The minimum absolute atomic E-state index is 0.130. The van der Waals surface area contributed by atoms with Crippen molar-refractivity contribution >= 4 is 39.7 Å². The summed E-state index contributed by atoms with van der Waals surface area (Å²) in [6, 6.07) is 8.87. The van der Waals surface area contributed by atoms with Crippen LogP contribution in [0, 0.1) is 6.92 Å². The normalized spacial score (nSPS) is 10.9. The Bertz CT molecular complexity index is 904. The molecule has 3 aromatic rings. The summed E-state index contributed by atoms with van der Waals surface area (Å²) in [5.41, 5.74) is 1.38. The van der Waals surface area contributed by atoms with Crippen LogP contribution in [0.15, 0.2) is 30.3 Å². The van der Waals surface area contributed by atoms with E-state index in [1.54, 1.807) is 32.0 Å². The average Bonchev–Trinajstić information content (AvgIpc) is 2.90. The van der Waals surface area contributed by atoms with Crippen LogP contribution in [0.1, 0.15) is 22.3 Å². The molecule has 1 heterocycles. The van der Waals surface area contributed by atoms with Gasteiger partial charge in [0.1, 0.15) is 15.6 Å². The summed E-state index contributed by atoms with van der Waals surface area (Å²) in [5.74, 6) is -0.240. The van der Waals surface area contributed by atoms with E-state index in [0.29, 0.717) is 32.6 Å². The predicted octanol–water partition coefficient (Wildman–Crippen LogP) is 4.81. The third-order valence-corrected chi connectivity index (χ3v) is 4.82. The highest BCUT2D eigenvalue weighted by atomic mass is 35.5. The average molecular weight is 348 g/mol. The third kappa shape index (κ3) is 3.02. The van der Waals surface area contributed by atoms with E-state index in [-0.39, 0.29) is 11.7 Å². The zero-order valence-corrected chi connectivity index (χ0v) is 14.2.